The Morgan fingerprint density at radius 3 is 2.50 bits per heavy atom. The van der Waals surface area contributed by atoms with Gasteiger partial charge < -0.3 is 0 Å². The molecule has 0 heterocycles. The van der Waals surface area contributed by atoms with Crippen molar-refractivity contribution < 1.29 is 12.8 Å². The molecule has 1 aromatic rings. The van der Waals surface area contributed by atoms with Gasteiger partial charge >= 0.3 is 0 Å². The number of benzene rings is 1. The fourth-order valence-electron chi connectivity index (χ4n) is 1.08. The highest BCUT2D eigenvalue weighted by Crippen LogP contribution is 2.28. The third kappa shape index (κ3) is 2.52. The lowest BCUT2D eigenvalue weighted by Gasteiger charge is -2.09. The molecule has 0 aliphatic rings. The van der Waals surface area contributed by atoms with Gasteiger partial charge in [0, 0.05) is 4.83 Å². The van der Waals surface area contributed by atoms with Crippen molar-refractivity contribution in [3.05, 3.63) is 29.6 Å². The Balaban J connectivity index is 3.46. The van der Waals surface area contributed by atoms with Crippen molar-refractivity contribution in [3.63, 3.8) is 0 Å². The fourth-order valence-corrected chi connectivity index (χ4v) is 2.48. The van der Waals surface area contributed by atoms with Crippen molar-refractivity contribution in [2.45, 2.75) is 16.6 Å². The minimum atomic E-state index is -3.87. The number of alkyl halides is 1. The Morgan fingerprint density at radius 1 is 1.50 bits per heavy atom. The number of sulfonamides is 1. The lowest BCUT2D eigenvalue weighted by atomic mass is 10.2. The highest BCUT2D eigenvalue weighted by Gasteiger charge is 2.17. The van der Waals surface area contributed by atoms with E-state index in [-0.39, 0.29) is 9.72 Å². The summed E-state index contributed by atoms with van der Waals surface area (Å²) < 4.78 is 35.0. The molecule has 1 aromatic carbocycles. The van der Waals surface area contributed by atoms with Crippen LogP contribution in [-0.2, 0) is 10.0 Å². The highest BCUT2D eigenvalue weighted by atomic mass is 79.9. The first-order chi connectivity index (χ1) is 6.32. The van der Waals surface area contributed by atoms with E-state index in [4.69, 9.17) is 5.14 Å². The van der Waals surface area contributed by atoms with Crippen molar-refractivity contribution in [2.75, 3.05) is 0 Å². The largest absolute Gasteiger partial charge is 0.238 e. The third-order valence-electron chi connectivity index (χ3n) is 1.71. The van der Waals surface area contributed by atoms with Gasteiger partial charge in [0.15, 0.2) is 0 Å². The van der Waals surface area contributed by atoms with Crippen molar-refractivity contribution in [1.29, 1.82) is 0 Å². The third-order valence-corrected chi connectivity index (χ3v) is 3.17. The van der Waals surface area contributed by atoms with Gasteiger partial charge in [0.25, 0.3) is 0 Å². The number of rotatable bonds is 2. The zero-order valence-corrected chi connectivity index (χ0v) is 9.77. The van der Waals surface area contributed by atoms with Gasteiger partial charge in [0.2, 0.25) is 10.0 Å². The van der Waals surface area contributed by atoms with Crippen LogP contribution in [-0.4, -0.2) is 8.42 Å². The molecule has 2 N–H and O–H groups in total. The molecule has 0 saturated carbocycles. The molecule has 0 aliphatic carbocycles. The molecule has 1 rings (SSSR count). The summed E-state index contributed by atoms with van der Waals surface area (Å²) in [6.07, 6.45) is 0. The molecule has 0 aromatic heterocycles. The van der Waals surface area contributed by atoms with Gasteiger partial charge in [-0.3, -0.25) is 0 Å². The first-order valence-corrected chi connectivity index (χ1v) is 6.25. The molecular formula is C8H9BrFNO2S. The van der Waals surface area contributed by atoms with Gasteiger partial charge in [0.05, 0.1) is 4.90 Å². The average Bonchev–Trinajstić information content (AvgIpc) is 2.01. The lowest BCUT2D eigenvalue weighted by molar-refractivity contribution is 0.590. The summed E-state index contributed by atoms with van der Waals surface area (Å²) in [4.78, 5) is -0.377. The second-order valence-electron chi connectivity index (χ2n) is 2.84. The van der Waals surface area contributed by atoms with Crippen LogP contribution in [0, 0.1) is 5.82 Å². The molecule has 0 saturated heterocycles. The van der Waals surface area contributed by atoms with Gasteiger partial charge in [-0.1, -0.05) is 22.0 Å². The Hall–Kier alpha value is -0.460. The molecular weight excluding hydrogens is 273 g/mol. The fraction of sp³-hybridized carbons (Fsp3) is 0.250. The monoisotopic (exact) mass is 281 g/mol. The van der Waals surface area contributed by atoms with Gasteiger partial charge in [-0.05, 0) is 24.6 Å². The SMILES string of the molecule is CC(Br)c1ccc(F)cc1S(N)(=O)=O. The smallest absolute Gasteiger partial charge is 0.225 e. The van der Waals surface area contributed by atoms with Crippen LogP contribution in [0.1, 0.15) is 17.3 Å². The summed E-state index contributed by atoms with van der Waals surface area (Å²) in [5.41, 5.74) is 0.453. The zero-order valence-electron chi connectivity index (χ0n) is 7.37. The summed E-state index contributed by atoms with van der Waals surface area (Å²) in [6, 6.07) is 3.51. The molecule has 14 heavy (non-hydrogen) atoms. The van der Waals surface area contributed by atoms with Crippen molar-refractivity contribution >= 4 is 26.0 Å². The molecule has 78 valence electrons. The summed E-state index contributed by atoms with van der Waals surface area (Å²) >= 11 is 3.21. The van der Waals surface area contributed by atoms with Gasteiger partial charge in [-0.25, -0.2) is 17.9 Å². The summed E-state index contributed by atoms with van der Waals surface area (Å²) in [7, 11) is -3.87. The van der Waals surface area contributed by atoms with E-state index in [1.807, 2.05) is 0 Å². The molecule has 0 amide bonds. The number of hydrogen-bond acceptors (Lipinski definition) is 2. The van der Waals surface area contributed by atoms with E-state index in [0.717, 1.165) is 6.07 Å². The van der Waals surface area contributed by atoms with Gasteiger partial charge in [-0.15, -0.1) is 0 Å². The minimum absolute atomic E-state index is 0.179. The normalized spacial score (nSPS) is 14.0. The van der Waals surface area contributed by atoms with Crippen molar-refractivity contribution in [2.24, 2.45) is 5.14 Å². The highest BCUT2D eigenvalue weighted by molar-refractivity contribution is 9.09. The summed E-state index contributed by atoms with van der Waals surface area (Å²) in [6.45, 7) is 1.74. The Morgan fingerprint density at radius 2 is 2.07 bits per heavy atom. The average molecular weight is 282 g/mol. The van der Waals surface area contributed by atoms with E-state index >= 15 is 0 Å². The maximum absolute atomic E-state index is 12.8. The molecule has 0 aliphatic heterocycles. The maximum Gasteiger partial charge on any atom is 0.238 e. The molecule has 0 fully saturated rings. The van der Waals surface area contributed by atoms with E-state index in [1.165, 1.54) is 12.1 Å². The second-order valence-corrected chi connectivity index (χ2v) is 5.75. The topological polar surface area (TPSA) is 60.2 Å². The van der Waals surface area contributed by atoms with Crippen LogP contribution in [0.15, 0.2) is 23.1 Å². The number of halogens is 2. The number of primary sulfonamides is 1. The van der Waals surface area contributed by atoms with Gasteiger partial charge in [0.1, 0.15) is 5.82 Å². The molecule has 1 unspecified atom stereocenters. The van der Waals surface area contributed by atoms with E-state index in [2.05, 4.69) is 15.9 Å². The maximum atomic E-state index is 12.8. The lowest BCUT2D eigenvalue weighted by Crippen LogP contribution is -2.15. The van der Waals surface area contributed by atoms with E-state index in [9.17, 15) is 12.8 Å². The summed E-state index contributed by atoms with van der Waals surface area (Å²) in [5, 5.41) is 4.95. The van der Waals surface area contributed by atoms with E-state index in [1.54, 1.807) is 6.92 Å². The van der Waals surface area contributed by atoms with Crippen LogP contribution >= 0.6 is 15.9 Å². The van der Waals surface area contributed by atoms with Crippen LogP contribution in [0.25, 0.3) is 0 Å². The summed E-state index contributed by atoms with van der Waals surface area (Å²) in [5.74, 6) is -0.620. The van der Waals surface area contributed by atoms with Gasteiger partial charge in [-0.2, -0.15) is 0 Å². The second kappa shape index (κ2) is 3.96. The van der Waals surface area contributed by atoms with E-state index in [0.29, 0.717) is 5.56 Å². The van der Waals surface area contributed by atoms with Crippen LogP contribution in [0.4, 0.5) is 4.39 Å². The van der Waals surface area contributed by atoms with Crippen LogP contribution < -0.4 is 5.14 Å². The molecule has 0 spiro atoms. The minimum Gasteiger partial charge on any atom is -0.225 e. The number of hydrogen-bond donors (Lipinski definition) is 1. The molecule has 1 atom stereocenters. The molecule has 6 heteroatoms. The van der Waals surface area contributed by atoms with Crippen LogP contribution in [0.3, 0.4) is 0 Å². The predicted octanol–water partition coefficient (Wildman–Crippen LogP) is 1.93. The Labute approximate surface area is 90.3 Å². The molecule has 0 radical (unpaired) electrons. The molecule has 0 bridgehead atoms. The first-order valence-electron chi connectivity index (χ1n) is 3.78. The first kappa shape index (κ1) is 11.6. The quantitative estimate of drug-likeness (QED) is 0.842. The zero-order chi connectivity index (χ0) is 10.9. The van der Waals surface area contributed by atoms with E-state index < -0.39 is 15.8 Å². The Kier molecular flexibility index (Phi) is 3.28. The standard InChI is InChI=1S/C8H9BrFNO2S/c1-5(9)7-3-2-6(10)4-8(7)14(11,12)13/h2-5H,1H3,(H2,11,12,13). The van der Waals surface area contributed by atoms with Crippen molar-refractivity contribution in [3.8, 4) is 0 Å². The van der Waals surface area contributed by atoms with Crippen LogP contribution in [0.5, 0.6) is 0 Å². The number of nitrogens with two attached hydrogens (primary N) is 1. The van der Waals surface area contributed by atoms with Crippen molar-refractivity contribution in [1.82, 2.24) is 0 Å². The Bertz CT molecular complexity index is 445. The molecule has 3 nitrogen and oxygen atoms in total. The van der Waals surface area contributed by atoms with Crippen LogP contribution in [0.2, 0.25) is 0 Å². The predicted molar refractivity (Wildman–Crippen MR) is 55.1 cm³/mol.